The maximum atomic E-state index is 12.1. The molecule has 1 aliphatic rings. The van der Waals surface area contributed by atoms with Crippen LogP contribution in [0.4, 0.5) is 0 Å². The number of carbonyl (C=O) groups excluding carboxylic acids is 2. The summed E-state index contributed by atoms with van der Waals surface area (Å²) in [5.41, 5.74) is 7.96. The first-order chi connectivity index (χ1) is 13.5. The Bertz CT molecular complexity index is 779. The van der Waals surface area contributed by atoms with Crippen molar-refractivity contribution < 1.29 is 14.3 Å². The normalized spacial score (nSPS) is 21.0. The number of ether oxygens (including phenoxy) is 1. The number of piperidine rings is 1. The number of likely N-dealkylation sites (tertiary alicyclic amines) is 1. The number of amides is 1. The molecule has 0 aliphatic carbocycles. The van der Waals surface area contributed by atoms with E-state index in [1.54, 1.807) is 0 Å². The Morgan fingerprint density at radius 3 is 2.36 bits per heavy atom. The first kappa shape index (κ1) is 20.1. The molecule has 1 amide bonds. The lowest BCUT2D eigenvalue weighted by atomic mass is 9.85. The van der Waals surface area contributed by atoms with E-state index in [1.165, 1.54) is 12.5 Å². The molecule has 28 heavy (non-hydrogen) atoms. The molecule has 1 fully saturated rings. The van der Waals surface area contributed by atoms with E-state index in [9.17, 15) is 9.59 Å². The Hall–Kier alpha value is -2.66. The van der Waals surface area contributed by atoms with Gasteiger partial charge in [0.25, 0.3) is 0 Å². The number of nitrogens with zero attached hydrogens (tertiary/aromatic N) is 1. The Balaban J connectivity index is 1.66. The highest BCUT2D eigenvalue weighted by Crippen LogP contribution is 2.32. The standard InChI is InChI=1S/C23H28N2O3/c1-17(26)28-22(19-10-6-3-7-11-19)13-15-25-14-12-20(16-21(25)23(24)27)18-8-4-2-5-9-18/h2-11,20-22H,12-16H2,1H3,(H2,24,27). The summed E-state index contributed by atoms with van der Waals surface area (Å²) < 4.78 is 5.53. The average Bonchev–Trinajstić information content (AvgIpc) is 2.72. The number of rotatable bonds is 7. The van der Waals surface area contributed by atoms with E-state index in [-0.39, 0.29) is 24.0 Å². The van der Waals surface area contributed by atoms with Crippen molar-refractivity contribution in [2.45, 2.75) is 44.2 Å². The van der Waals surface area contributed by atoms with Gasteiger partial charge in [0, 0.05) is 19.9 Å². The van der Waals surface area contributed by atoms with E-state index in [0.29, 0.717) is 18.9 Å². The molecular weight excluding hydrogens is 352 g/mol. The molecule has 148 valence electrons. The van der Waals surface area contributed by atoms with Crippen LogP contribution < -0.4 is 5.73 Å². The van der Waals surface area contributed by atoms with Gasteiger partial charge in [0.1, 0.15) is 6.10 Å². The summed E-state index contributed by atoms with van der Waals surface area (Å²) in [5, 5.41) is 0. The third-order valence-electron chi connectivity index (χ3n) is 5.47. The molecule has 0 spiro atoms. The van der Waals surface area contributed by atoms with Gasteiger partial charge >= 0.3 is 5.97 Å². The van der Waals surface area contributed by atoms with Gasteiger partial charge in [-0.2, -0.15) is 0 Å². The van der Waals surface area contributed by atoms with Crippen molar-refractivity contribution in [3.63, 3.8) is 0 Å². The van der Waals surface area contributed by atoms with Crippen LogP contribution in [-0.4, -0.2) is 35.9 Å². The SMILES string of the molecule is CC(=O)OC(CCN1CCC(c2ccccc2)CC1C(N)=O)c1ccccc1. The fourth-order valence-electron chi connectivity index (χ4n) is 4.05. The van der Waals surface area contributed by atoms with E-state index in [2.05, 4.69) is 17.0 Å². The quantitative estimate of drug-likeness (QED) is 0.747. The topological polar surface area (TPSA) is 72.6 Å². The molecule has 2 N–H and O–H groups in total. The van der Waals surface area contributed by atoms with Crippen molar-refractivity contribution in [1.29, 1.82) is 0 Å². The molecule has 1 heterocycles. The highest BCUT2D eigenvalue weighted by molar-refractivity contribution is 5.80. The maximum absolute atomic E-state index is 12.1. The van der Waals surface area contributed by atoms with Gasteiger partial charge in [0.15, 0.2) is 0 Å². The summed E-state index contributed by atoms with van der Waals surface area (Å²) in [5.74, 6) is -0.249. The summed E-state index contributed by atoms with van der Waals surface area (Å²) >= 11 is 0. The number of hydrogen-bond donors (Lipinski definition) is 1. The van der Waals surface area contributed by atoms with Gasteiger partial charge in [-0.1, -0.05) is 60.7 Å². The first-order valence-corrected chi connectivity index (χ1v) is 9.85. The van der Waals surface area contributed by atoms with Crippen LogP contribution in [-0.2, 0) is 14.3 Å². The number of carbonyl (C=O) groups is 2. The minimum atomic E-state index is -0.320. The molecule has 0 bridgehead atoms. The maximum Gasteiger partial charge on any atom is 0.303 e. The number of hydrogen-bond acceptors (Lipinski definition) is 4. The highest BCUT2D eigenvalue weighted by Gasteiger charge is 2.33. The molecule has 0 aromatic heterocycles. The van der Waals surface area contributed by atoms with Gasteiger partial charge in [-0.15, -0.1) is 0 Å². The van der Waals surface area contributed by atoms with Crippen molar-refractivity contribution in [1.82, 2.24) is 4.90 Å². The lowest BCUT2D eigenvalue weighted by Crippen LogP contribution is -2.49. The van der Waals surface area contributed by atoms with E-state index < -0.39 is 0 Å². The molecule has 2 aromatic rings. The zero-order valence-corrected chi connectivity index (χ0v) is 16.3. The Morgan fingerprint density at radius 1 is 1.11 bits per heavy atom. The number of primary amides is 1. The monoisotopic (exact) mass is 380 g/mol. The second-order valence-electron chi connectivity index (χ2n) is 7.38. The Morgan fingerprint density at radius 2 is 1.75 bits per heavy atom. The Labute approximate surface area is 166 Å². The van der Waals surface area contributed by atoms with Crippen LogP contribution in [0.2, 0.25) is 0 Å². The lowest BCUT2D eigenvalue weighted by molar-refractivity contribution is -0.147. The number of esters is 1. The molecule has 1 aliphatic heterocycles. The second-order valence-corrected chi connectivity index (χ2v) is 7.38. The van der Waals surface area contributed by atoms with E-state index in [1.807, 2.05) is 48.5 Å². The van der Waals surface area contributed by atoms with Gasteiger partial charge in [0.2, 0.25) is 5.91 Å². The third-order valence-corrected chi connectivity index (χ3v) is 5.47. The molecule has 5 nitrogen and oxygen atoms in total. The molecule has 3 atom stereocenters. The van der Waals surface area contributed by atoms with E-state index in [4.69, 9.17) is 10.5 Å². The minimum Gasteiger partial charge on any atom is -0.458 e. The van der Waals surface area contributed by atoms with Crippen molar-refractivity contribution in [3.8, 4) is 0 Å². The highest BCUT2D eigenvalue weighted by atomic mass is 16.5. The zero-order valence-electron chi connectivity index (χ0n) is 16.3. The summed E-state index contributed by atoms with van der Waals surface area (Å²) in [7, 11) is 0. The molecule has 3 rings (SSSR count). The fourth-order valence-corrected chi connectivity index (χ4v) is 4.05. The predicted molar refractivity (Wildman–Crippen MR) is 109 cm³/mol. The second kappa shape index (κ2) is 9.51. The number of nitrogens with two attached hydrogens (primary N) is 1. The van der Waals surface area contributed by atoms with Crippen molar-refractivity contribution in [3.05, 3.63) is 71.8 Å². The van der Waals surface area contributed by atoms with E-state index >= 15 is 0 Å². The van der Waals surface area contributed by atoms with Crippen molar-refractivity contribution in [2.24, 2.45) is 5.73 Å². The lowest BCUT2D eigenvalue weighted by Gasteiger charge is -2.38. The van der Waals surface area contributed by atoms with Gasteiger partial charge in [0.05, 0.1) is 6.04 Å². The summed E-state index contributed by atoms with van der Waals surface area (Å²) in [6.45, 7) is 2.88. The summed E-state index contributed by atoms with van der Waals surface area (Å²) in [4.78, 5) is 25.8. The van der Waals surface area contributed by atoms with Crippen LogP contribution in [0.1, 0.15) is 49.3 Å². The van der Waals surface area contributed by atoms with Gasteiger partial charge < -0.3 is 10.5 Å². The predicted octanol–water partition coefficient (Wildman–Crippen LogP) is 3.41. The Kier molecular flexibility index (Phi) is 6.82. The minimum absolute atomic E-state index is 0.288. The largest absolute Gasteiger partial charge is 0.458 e. The molecule has 0 radical (unpaired) electrons. The first-order valence-electron chi connectivity index (χ1n) is 9.85. The van der Waals surface area contributed by atoms with Crippen LogP contribution in [0.15, 0.2) is 60.7 Å². The zero-order chi connectivity index (χ0) is 19.9. The molecule has 3 unspecified atom stereocenters. The van der Waals surface area contributed by atoms with Crippen LogP contribution in [0.5, 0.6) is 0 Å². The van der Waals surface area contributed by atoms with E-state index in [0.717, 1.165) is 24.9 Å². The number of benzene rings is 2. The smallest absolute Gasteiger partial charge is 0.303 e. The molecule has 1 saturated heterocycles. The summed E-state index contributed by atoms with van der Waals surface area (Å²) in [6, 6.07) is 19.7. The van der Waals surface area contributed by atoms with Crippen LogP contribution >= 0.6 is 0 Å². The van der Waals surface area contributed by atoms with Gasteiger partial charge in [-0.3, -0.25) is 14.5 Å². The molecule has 5 heteroatoms. The van der Waals surface area contributed by atoms with Crippen molar-refractivity contribution >= 4 is 11.9 Å². The van der Waals surface area contributed by atoms with Gasteiger partial charge in [-0.05, 0) is 36.4 Å². The molecule has 0 saturated carbocycles. The third kappa shape index (κ3) is 5.20. The average molecular weight is 380 g/mol. The van der Waals surface area contributed by atoms with Crippen LogP contribution in [0.25, 0.3) is 0 Å². The fraction of sp³-hybridized carbons (Fsp3) is 0.391. The van der Waals surface area contributed by atoms with Crippen LogP contribution in [0.3, 0.4) is 0 Å². The van der Waals surface area contributed by atoms with Crippen molar-refractivity contribution in [2.75, 3.05) is 13.1 Å². The molecular formula is C23H28N2O3. The van der Waals surface area contributed by atoms with Gasteiger partial charge in [-0.25, -0.2) is 0 Å². The van der Waals surface area contributed by atoms with Crippen LogP contribution in [0, 0.1) is 0 Å². The molecule has 2 aromatic carbocycles. The summed E-state index contributed by atoms with van der Waals surface area (Å²) in [6.07, 6.45) is 2.02.